The van der Waals surface area contributed by atoms with Gasteiger partial charge in [-0.05, 0) is 19.9 Å². The zero-order valence-corrected chi connectivity index (χ0v) is 13.4. The molecule has 1 saturated heterocycles. The van der Waals surface area contributed by atoms with Gasteiger partial charge in [-0.1, -0.05) is 12.1 Å². The lowest BCUT2D eigenvalue weighted by Gasteiger charge is -2.30. The van der Waals surface area contributed by atoms with Crippen LogP contribution >= 0.6 is 0 Å². The Labute approximate surface area is 138 Å². The lowest BCUT2D eigenvalue weighted by molar-refractivity contribution is -0.127. The van der Waals surface area contributed by atoms with Crippen molar-refractivity contribution in [2.24, 2.45) is 0 Å². The van der Waals surface area contributed by atoms with Crippen LogP contribution in [0.4, 0.5) is 9.18 Å². The summed E-state index contributed by atoms with van der Waals surface area (Å²) in [7, 11) is 0. The van der Waals surface area contributed by atoms with E-state index >= 15 is 0 Å². The Hall–Kier alpha value is -2.64. The predicted octanol–water partition coefficient (Wildman–Crippen LogP) is 1.10. The number of urea groups is 1. The fourth-order valence-corrected chi connectivity index (χ4v) is 2.88. The zero-order valence-electron chi connectivity index (χ0n) is 13.4. The number of rotatable bonds is 3. The van der Waals surface area contributed by atoms with Crippen LogP contribution in [0.3, 0.4) is 0 Å². The Balaban J connectivity index is 1.72. The summed E-state index contributed by atoms with van der Waals surface area (Å²) in [5.41, 5.74) is -0.524. The highest BCUT2D eigenvalue weighted by molar-refractivity contribution is 6.07. The van der Waals surface area contributed by atoms with Gasteiger partial charge in [0.1, 0.15) is 12.1 Å². The number of hydrogen-bond donors (Lipinski definition) is 2. The average Bonchev–Trinajstić information content (AvgIpc) is 2.71. The molecule has 1 atom stereocenters. The highest BCUT2D eigenvalue weighted by Gasteiger charge is 2.46. The quantitative estimate of drug-likeness (QED) is 0.810. The first-order valence-corrected chi connectivity index (χ1v) is 7.64. The summed E-state index contributed by atoms with van der Waals surface area (Å²) in [5, 5.41) is 4.97. The second kappa shape index (κ2) is 5.77. The molecular weight excluding hydrogens is 317 g/mol. The van der Waals surface area contributed by atoms with Gasteiger partial charge < -0.3 is 15.0 Å². The molecule has 0 spiro atoms. The molecule has 0 radical (unpaired) electrons. The number of hydrogen-bond acceptors (Lipinski definition) is 4. The molecule has 0 aromatic heterocycles. The van der Waals surface area contributed by atoms with Gasteiger partial charge in [0.05, 0.1) is 12.6 Å². The van der Waals surface area contributed by atoms with Crippen molar-refractivity contribution in [3.63, 3.8) is 0 Å². The summed E-state index contributed by atoms with van der Waals surface area (Å²) < 4.78 is 19.1. The van der Waals surface area contributed by atoms with Gasteiger partial charge in [-0.3, -0.25) is 14.9 Å². The molecule has 128 valence electrons. The fraction of sp³-hybridized carbons (Fsp3) is 0.438. The largest absolute Gasteiger partial charge is 0.490 e. The lowest BCUT2D eigenvalue weighted by atomic mass is 10.00. The van der Waals surface area contributed by atoms with Crippen LogP contribution in [0.15, 0.2) is 18.2 Å². The molecule has 3 rings (SSSR count). The number of para-hydroxylation sites is 1. The normalized spacial score (nSPS) is 21.8. The van der Waals surface area contributed by atoms with E-state index in [-0.39, 0.29) is 18.9 Å². The first-order chi connectivity index (χ1) is 11.3. The van der Waals surface area contributed by atoms with Gasteiger partial charge in [-0.25, -0.2) is 9.18 Å². The van der Waals surface area contributed by atoms with Crippen LogP contribution in [-0.4, -0.2) is 41.4 Å². The molecule has 2 aliphatic heterocycles. The van der Waals surface area contributed by atoms with E-state index in [2.05, 4.69) is 10.6 Å². The summed E-state index contributed by atoms with van der Waals surface area (Å²) in [6, 6.07) is 3.54. The van der Waals surface area contributed by atoms with Crippen molar-refractivity contribution in [2.75, 3.05) is 13.2 Å². The van der Waals surface area contributed by atoms with E-state index in [4.69, 9.17) is 4.74 Å². The molecule has 4 amide bonds. The second-order valence-electron chi connectivity index (χ2n) is 6.32. The van der Waals surface area contributed by atoms with E-state index < -0.39 is 35.2 Å². The molecule has 0 aliphatic carbocycles. The maximum absolute atomic E-state index is 13.8. The van der Waals surface area contributed by atoms with Gasteiger partial charge in [-0.15, -0.1) is 0 Å². The molecular formula is C16H18FN3O4. The Kier molecular flexibility index (Phi) is 3.90. The van der Waals surface area contributed by atoms with Crippen molar-refractivity contribution in [3.8, 4) is 5.75 Å². The van der Waals surface area contributed by atoms with Gasteiger partial charge in [-0.2, -0.15) is 0 Å². The molecule has 0 saturated carbocycles. The minimum Gasteiger partial charge on any atom is -0.490 e. The van der Waals surface area contributed by atoms with Crippen LogP contribution in [-0.2, 0) is 9.59 Å². The number of halogens is 1. The zero-order chi connectivity index (χ0) is 17.5. The molecule has 1 unspecified atom stereocenters. The van der Waals surface area contributed by atoms with Crippen LogP contribution < -0.4 is 15.4 Å². The summed E-state index contributed by atoms with van der Waals surface area (Å²) in [6.07, 6.45) is 0.497. The standard InChI is InChI=1S/C16H18FN3O4/c1-16(2)14(22)19-15(23)20(16)8-12(21)18-11-6-7-24-13-9(11)4-3-5-10(13)17/h3-5,11H,6-8H2,1-2H3,(H,18,21)(H,19,22,23). The molecule has 1 aromatic carbocycles. The van der Waals surface area contributed by atoms with Gasteiger partial charge in [0, 0.05) is 12.0 Å². The van der Waals surface area contributed by atoms with Crippen molar-refractivity contribution in [3.05, 3.63) is 29.6 Å². The van der Waals surface area contributed by atoms with E-state index in [9.17, 15) is 18.8 Å². The molecule has 8 heteroatoms. The van der Waals surface area contributed by atoms with Crippen molar-refractivity contribution in [1.29, 1.82) is 0 Å². The molecule has 2 aliphatic rings. The van der Waals surface area contributed by atoms with Crippen LogP contribution in [0, 0.1) is 5.82 Å². The van der Waals surface area contributed by atoms with Gasteiger partial charge in [0.15, 0.2) is 11.6 Å². The minimum atomic E-state index is -1.09. The van der Waals surface area contributed by atoms with Crippen molar-refractivity contribution in [1.82, 2.24) is 15.5 Å². The van der Waals surface area contributed by atoms with E-state index in [1.54, 1.807) is 26.0 Å². The number of fused-ring (bicyclic) bond motifs is 1. The molecule has 1 fully saturated rings. The first kappa shape index (κ1) is 16.2. The third-order valence-electron chi connectivity index (χ3n) is 4.36. The third kappa shape index (κ3) is 2.68. The Morgan fingerprint density at radius 2 is 2.21 bits per heavy atom. The Bertz CT molecular complexity index is 719. The molecule has 1 aromatic rings. The average molecular weight is 335 g/mol. The second-order valence-corrected chi connectivity index (χ2v) is 6.32. The van der Waals surface area contributed by atoms with Crippen molar-refractivity contribution < 1.29 is 23.5 Å². The number of imide groups is 1. The number of nitrogens with zero attached hydrogens (tertiary/aromatic N) is 1. The fourth-order valence-electron chi connectivity index (χ4n) is 2.88. The van der Waals surface area contributed by atoms with Crippen LogP contribution in [0.1, 0.15) is 31.9 Å². The van der Waals surface area contributed by atoms with Gasteiger partial charge in [0.2, 0.25) is 5.91 Å². The first-order valence-electron chi connectivity index (χ1n) is 7.64. The summed E-state index contributed by atoms with van der Waals surface area (Å²) in [5.74, 6) is -1.20. The highest BCUT2D eigenvalue weighted by atomic mass is 19.1. The number of carbonyl (C=O) groups excluding carboxylic acids is 3. The monoisotopic (exact) mass is 335 g/mol. The van der Waals surface area contributed by atoms with Gasteiger partial charge in [0.25, 0.3) is 5.91 Å². The van der Waals surface area contributed by atoms with E-state index in [1.807, 2.05) is 0 Å². The van der Waals surface area contributed by atoms with Crippen LogP contribution in [0.5, 0.6) is 5.75 Å². The highest BCUT2D eigenvalue weighted by Crippen LogP contribution is 2.34. The van der Waals surface area contributed by atoms with Crippen molar-refractivity contribution >= 4 is 17.8 Å². The maximum Gasteiger partial charge on any atom is 0.325 e. The van der Waals surface area contributed by atoms with Crippen LogP contribution in [0.2, 0.25) is 0 Å². The molecule has 24 heavy (non-hydrogen) atoms. The number of ether oxygens (including phenoxy) is 1. The van der Waals surface area contributed by atoms with E-state index in [0.717, 1.165) is 0 Å². The molecule has 2 heterocycles. The number of benzene rings is 1. The molecule has 2 N–H and O–H groups in total. The maximum atomic E-state index is 13.8. The van der Waals surface area contributed by atoms with Gasteiger partial charge >= 0.3 is 6.03 Å². The molecule has 7 nitrogen and oxygen atoms in total. The Morgan fingerprint density at radius 3 is 2.88 bits per heavy atom. The number of amides is 4. The Morgan fingerprint density at radius 1 is 1.46 bits per heavy atom. The third-order valence-corrected chi connectivity index (χ3v) is 4.36. The predicted molar refractivity (Wildman–Crippen MR) is 81.7 cm³/mol. The summed E-state index contributed by atoms with van der Waals surface area (Å²) in [6.45, 7) is 3.17. The van der Waals surface area contributed by atoms with E-state index in [1.165, 1.54) is 11.0 Å². The number of carbonyl (C=O) groups is 3. The summed E-state index contributed by atoms with van der Waals surface area (Å²) in [4.78, 5) is 37.0. The topological polar surface area (TPSA) is 87.7 Å². The molecule has 0 bridgehead atoms. The lowest BCUT2D eigenvalue weighted by Crippen LogP contribution is -2.49. The SMILES string of the molecule is CC1(C)C(=O)NC(=O)N1CC(=O)NC1CCOc2c(F)cccc21. The summed E-state index contributed by atoms with van der Waals surface area (Å²) >= 11 is 0. The van der Waals surface area contributed by atoms with Crippen LogP contribution in [0.25, 0.3) is 0 Å². The smallest absolute Gasteiger partial charge is 0.325 e. The van der Waals surface area contributed by atoms with Crippen molar-refractivity contribution in [2.45, 2.75) is 31.8 Å². The number of nitrogens with one attached hydrogen (secondary N) is 2. The van der Waals surface area contributed by atoms with E-state index in [0.29, 0.717) is 12.0 Å². The minimum absolute atomic E-state index is 0.142.